The van der Waals surface area contributed by atoms with E-state index in [4.69, 9.17) is 5.11 Å². The van der Waals surface area contributed by atoms with Crippen LogP contribution in [0.1, 0.15) is 20.3 Å². The van der Waals surface area contributed by atoms with Crippen LogP contribution in [-0.2, 0) is 14.4 Å². The van der Waals surface area contributed by atoms with Gasteiger partial charge >= 0.3 is 5.97 Å². The van der Waals surface area contributed by atoms with Crippen molar-refractivity contribution >= 4 is 17.8 Å². The number of hydrogen-bond donors (Lipinski definition) is 4. The Morgan fingerprint density at radius 2 is 1.94 bits per heavy atom. The molecule has 0 bridgehead atoms. The minimum atomic E-state index is -1.13. The van der Waals surface area contributed by atoms with E-state index in [0.717, 1.165) is 0 Å². The molecule has 94 valence electrons. The fraction of sp³-hybridized carbons (Fsp3) is 0.700. The fourth-order valence-corrected chi connectivity index (χ4v) is 2.12. The number of carboxylic acid groups (broad SMARTS) is 1. The standard InChI is InChI=1S/C10H15N3O4/c1-9(2)7(16)13-10(8(17)12-9)3-5(6(14)15)11-4-10/h5,11H,3-4H2,1-2H3,(H,12,17)(H,13,16)(H,14,15)/t5-,10-/m0/s1. The summed E-state index contributed by atoms with van der Waals surface area (Å²) in [5.74, 6) is -1.66. The molecule has 2 aliphatic heterocycles. The van der Waals surface area contributed by atoms with Gasteiger partial charge in [-0.05, 0) is 13.8 Å². The number of piperazine rings is 1. The third-order valence-corrected chi connectivity index (χ3v) is 3.28. The molecule has 0 unspecified atom stereocenters. The van der Waals surface area contributed by atoms with Crippen molar-refractivity contribution in [3.8, 4) is 0 Å². The monoisotopic (exact) mass is 241 g/mol. The van der Waals surface area contributed by atoms with Gasteiger partial charge in [0.15, 0.2) is 0 Å². The van der Waals surface area contributed by atoms with Gasteiger partial charge in [-0.1, -0.05) is 0 Å². The van der Waals surface area contributed by atoms with Crippen LogP contribution >= 0.6 is 0 Å². The van der Waals surface area contributed by atoms with E-state index in [9.17, 15) is 14.4 Å². The minimum Gasteiger partial charge on any atom is -0.480 e. The summed E-state index contributed by atoms with van der Waals surface area (Å²) < 4.78 is 0. The Kier molecular flexibility index (Phi) is 2.39. The van der Waals surface area contributed by atoms with Gasteiger partial charge in [-0.15, -0.1) is 0 Å². The molecule has 1 spiro atoms. The lowest BCUT2D eigenvalue weighted by Gasteiger charge is -2.40. The highest BCUT2D eigenvalue weighted by Gasteiger charge is 2.54. The third-order valence-electron chi connectivity index (χ3n) is 3.28. The molecule has 0 aromatic heterocycles. The number of nitrogens with one attached hydrogen (secondary N) is 3. The maximum Gasteiger partial charge on any atom is 0.320 e. The second kappa shape index (κ2) is 3.43. The lowest BCUT2D eigenvalue weighted by Crippen LogP contribution is -2.73. The topological polar surface area (TPSA) is 108 Å². The van der Waals surface area contributed by atoms with Crippen LogP contribution in [0.15, 0.2) is 0 Å². The molecule has 0 radical (unpaired) electrons. The number of carboxylic acids is 1. The number of hydrogen-bond acceptors (Lipinski definition) is 4. The second-order valence-corrected chi connectivity index (χ2v) is 5.09. The van der Waals surface area contributed by atoms with Crippen LogP contribution in [-0.4, -0.2) is 46.6 Å². The smallest absolute Gasteiger partial charge is 0.320 e. The molecule has 7 nitrogen and oxygen atoms in total. The van der Waals surface area contributed by atoms with Gasteiger partial charge < -0.3 is 21.1 Å². The highest BCUT2D eigenvalue weighted by atomic mass is 16.4. The largest absolute Gasteiger partial charge is 0.480 e. The van der Waals surface area contributed by atoms with Gasteiger partial charge in [0.25, 0.3) is 0 Å². The quantitative estimate of drug-likeness (QED) is 0.433. The molecule has 2 aliphatic rings. The molecule has 0 saturated carbocycles. The summed E-state index contributed by atoms with van der Waals surface area (Å²) >= 11 is 0. The Bertz CT molecular complexity index is 406. The average Bonchev–Trinajstić information content (AvgIpc) is 2.60. The van der Waals surface area contributed by atoms with Gasteiger partial charge in [-0.25, -0.2) is 0 Å². The second-order valence-electron chi connectivity index (χ2n) is 5.09. The van der Waals surface area contributed by atoms with Crippen LogP contribution in [0.3, 0.4) is 0 Å². The highest BCUT2D eigenvalue weighted by Crippen LogP contribution is 2.25. The molecule has 2 rings (SSSR count). The molecule has 2 saturated heterocycles. The number of rotatable bonds is 1. The van der Waals surface area contributed by atoms with E-state index in [0.29, 0.717) is 0 Å². The first-order valence-corrected chi connectivity index (χ1v) is 5.38. The van der Waals surface area contributed by atoms with Crippen molar-refractivity contribution in [2.75, 3.05) is 6.54 Å². The van der Waals surface area contributed by atoms with Gasteiger partial charge in [0.2, 0.25) is 11.8 Å². The molecular formula is C10H15N3O4. The van der Waals surface area contributed by atoms with E-state index < -0.39 is 23.1 Å². The zero-order chi connectivity index (χ0) is 12.8. The van der Waals surface area contributed by atoms with Crippen LogP contribution in [0.5, 0.6) is 0 Å². The molecule has 7 heteroatoms. The number of aliphatic carboxylic acids is 1. The van der Waals surface area contributed by atoms with Crippen molar-refractivity contribution in [3.63, 3.8) is 0 Å². The van der Waals surface area contributed by atoms with E-state index in [1.807, 2.05) is 0 Å². The van der Waals surface area contributed by atoms with E-state index in [1.165, 1.54) is 0 Å². The van der Waals surface area contributed by atoms with Crippen molar-refractivity contribution in [1.29, 1.82) is 0 Å². The van der Waals surface area contributed by atoms with Gasteiger partial charge in [0.05, 0.1) is 0 Å². The van der Waals surface area contributed by atoms with Crippen LogP contribution in [0.25, 0.3) is 0 Å². The van der Waals surface area contributed by atoms with E-state index >= 15 is 0 Å². The molecule has 17 heavy (non-hydrogen) atoms. The molecule has 2 fully saturated rings. The van der Waals surface area contributed by atoms with E-state index in [2.05, 4.69) is 16.0 Å². The van der Waals surface area contributed by atoms with Gasteiger partial charge in [-0.3, -0.25) is 14.4 Å². The van der Waals surface area contributed by atoms with Crippen molar-refractivity contribution in [1.82, 2.24) is 16.0 Å². The van der Waals surface area contributed by atoms with Crippen LogP contribution in [0.4, 0.5) is 0 Å². The SMILES string of the molecule is CC1(C)NC(=O)[C@]2(CN[C@H](C(=O)O)C2)NC1=O. The lowest BCUT2D eigenvalue weighted by molar-refractivity contribution is -0.145. The molecule has 2 atom stereocenters. The van der Waals surface area contributed by atoms with Crippen molar-refractivity contribution < 1.29 is 19.5 Å². The van der Waals surface area contributed by atoms with Crippen molar-refractivity contribution in [3.05, 3.63) is 0 Å². The molecule has 2 heterocycles. The third kappa shape index (κ3) is 1.76. The molecule has 2 amide bonds. The lowest BCUT2D eigenvalue weighted by atomic mass is 9.87. The summed E-state index contributed by atoms with van der Waals surface area (Å²) in [4.78, 5) is 34.6. The van der Waals surface area contributed by atoms with Crippen LogP contribution in [0, 0.1) is 0 Å². The molecule has 0 aliphatic carbocycles. The van der Waals surface area contributed by atoms with Gasteiger partial charge in [-0.2, -0.15) is 0 Å². The number of carbonyl (C=O) groups is 3. The first kappa shape index (κ1) is 11.8. The molecule has 0 aromatic rings. The summed E-state index contributed by atoms with van der Waals surface area (Å²) in [5.41, 5.74) is -2.08. The Hall–Kier alpha value is -1.63. The van der Waals surface area contributed by atoms with Crippen LogP contribution < -0.4 is 16.0 Å². The maximum absolute atomic E-state index is 12.0. The van der Waals surface area contributed by atoms with Crippen LogP contribution in [0.2, 0.25) is 0 Å². The molecular weight excluding hydrogens is 226 g/mol. The Morgan fingerprint density at radius 1 is 1.29 bits per heavy atom. The summed E-state index contributed by atoms with van der Waals surface area (Å²) in [7, 11) is 0. The minimum absolute atomic E-state index is 0.0655. The van der Waals surface area contributed by atoms with E-state index in [-0.39, 0.29) is 24.8 Å². The number of carbonyl (C=O) groups excluding carboxylic acids is 2. The Balaban J connectivity index is 2.21. The molecule has 4 N–H and O–H groups in total. The van der Waals surface area contributed by atoms with Gasteiger partial charge in [0.1, 0.15) is 17.1 Å². The van der Waals surface area contributed by atoms with E-state index in [1.54, 1.807) is 13.8 Å². The predicted octanol–water partition coefficient (Wildman–Crippen LogP) is -1.80. The van der Waals surface area contributed by atoms with Gasteiger partial charge in [0, 0.05) is 13.0 Å². The fourth-order valence-electron chi connectivity index (χ4n) is 2.12. The normalized spacial score (nSPS) is 35.5. The molecule has 0 aromatic carbocycles. The summed E-state index contributed by atoms with van der Waals surface area (Å²) in [5, 5.41) is 16.8. The Morgan fingerprint density at radius 3 is 2.47 bits per heavy atom. The van der Waals surface area contributed by atoms with Crippen molar-refractivity contribution in [2.45, 2.75) is 37.4 Å². The zero-order valence-corrected chi connectivity index (χ0v) is 9.66. The Labute approximate surface area is 97.9 Å². The zero-order valence-electron chi connectivity index (χ0n) is 9.66. The average molecular weight is 241 g/mol. The summed E-state index contributed by atoms with van der Waals surface area (Å²) in [6, 6.07) is -0.803. The maximum atomic E-state index is 12.0. The predicted molar refractivity (Wildman–Crippen MR) is 57.1 cm³/mol. The first-order chi connectivity index (χ1) is 7.77. The first-order valence-electron chi connectivity index (χ1n) is 5.38. The van der Waals surface area contributed by atoms with Crippen molar-refractivity contribution in [2.24, 2.45) is 0 Å². The number of amides is 2. The summed E-state index contributed by atoms with van der Waals surface area (Å²) in [6.45, 7) is 3.34. The highest BCUT2D eigenvalue weighted by molar-refractivity contribution is 6.02. The summed E-state index contributed by atoms with van der Waals surface area (Å²) in [6.07, 6.45) is 0.0655.